The van der Waals surface area contributed by atoms with Gasteiger partial charge in [0.1, 0.15) is 6.26 Å². The summed E-state index contributed by atoms with van der Waals surface area (Å²) in [6.45, 7) is 6.20. The van der Waals surface area contributed by atoms with Gasteiger partial charge in [-0.2, -0.15) is 0 Å². The Morgan fingerprint density at radius 2 is 2.05 bits per heavy atom. The number of aliphatic hydroxyl groups is 1. The summed E-state index contributed by atoms with van der Waals surface area (Å²) in [6.07, 6.45) is 1.57. The third-order valence-corrected chi connectivity index (χ3v) is 3.33. The van der Waals surface area contributed by atoms with E-state index in [1.807, 2.05) is 44.2 Å². The molecule has 0 spiro atoms. The lowest BCUT2D eigenvalue weighted by molar-refractivity contribution is 0.0897. The molecule has 118 valence electrons. The molecule has 1 amide bonds. The van der Waals surface area contributed by atoms with Gasteiger partial charge in [-0.1, -0.05) is 32.0 Å². The van der Waals surface area contributed by atoms with Gasteiger partial charge in [0.15, 0.2) is 5.69 Å². The second-order valence-corrected chi connectivity index (χ2v) is 6.30. The van der Waals surface area contributed by atoms with Gasteiger partial charge in [0.05, 0.1) is 6.10 Å². The highest BCUT2D eigenvalue weighted by atomic mass is 16.3. The average Bonchev–Trinajstić information content (AvgIpc) is 2.94. The molecule has 0 saturated carbocycles. The Morgan fingerprint density at radius 1 is 1.36 bits per heavy atom. The predicted octanol–water partition coefficient (Wildman–Crippen LogP) is 2.87. The van der Waals surface area contributed by atoms with E-state index in [4.69, 9.17) is 4.42 Å². The van der Waals surface area contributed by atoms with Gasteiger partial charge < -0.3 is 14.8 Å². The Labute approximate surface area is 130 Å². The topological polar surface area (TPSA) is 75.4 Å². The summed E-state index contributed by atoms with van der Waals surface area (Å²) in [4.78, 5) is 16.3. The summed E-state index contributed by atoms with van der Waals surface area (Å²) in [5.74, 6) is 0.151. The fourth-order valence-corrected chi connectivity index (χ4v) is 2.37. The molecule has 0 saturated heterocycles. The molecule has 22 heavy (non-hydrogen) atoms. The maximum absolute atomic E-state index is 12.1. The molecule has 0 aliphatic heterocycles. The van der Waals surface area contributed by atoms with E-state index in [-0.39, 0.29) is 17.0 Å². The molecule has 0 fully saturated rings. The smallest absolute Gasteiger partial charge is 0.273 e. The maximum atomic E-state index is 12.1. The summed E-state index contributed by atoms with van der Waals surface area (Å²) in [5, 5.41) is 12.3. The van der Waals surface area contributed by atoms with Crippen LogP contribution in [0, 0.1) is 5.41 Å². The summed E-state index contributed by atoms with van der Waals surface area (Å²) < 4.78 is 5.36. The van der Waals surface area contributed by atoms with Gasteiger partial charge in [-0.25, -0.2) is 4.98 Å². The van der Waals surface area contributed by atoms with E-state index in [9.17, 15) is 9.90 Å². The van der Waals surface area contributed by atoms with Gasteiger partial charge in [-0.15, -0.1) is 0 Å². The molecule has 0 bridgehead atoms. The minimum atomic E-state index is -0.399. The number of carbonyl (C=O) groups excluding carboxylic acids is 1. The Morgan fingerprint density at radius 3 is 2.68 bits per heavy atom. The van der Waals surface area contributed by atoms with Crippen LogP contribution in [0.3, 0.4) is 0 Å². The normalized spacial score (nSPS) is 12.9. The van der Waals surface area contributed by atoms with Crippen LogP contribution in [0.25, 0.3) is 11.5 Å². The lowest BCUT2D eigenvalue weighted by Gasteiger charge is -2.26. The molecular weight excluding hydrogens is 280 g/mol. The van der Waals surface area contributed by atoms with Crippen LogP contribution in [0.4, 0.5) is 0 Å². The lowest BCUT2D eigenvalue weighted by Crippen LogP contribution is -2.35. The van der Waals surface area contributed by atoms with E-state index >= 15 is 0 Å². The molecule has 0 radical (unpaired) electrons. The van der Waals surface area contributed by atoms with E-state index in [2.05, 4.69) is 10.3 Å². The SMILES string of the molecule is CC(O)CC(C)(C)CNC(=O)c1coc(-c2ccccc2)n1. The fourth-order valence-electron chi connectivity index (χ4n) is 2.37. The molecule has 0 aliphatic rings. The molecule has 0 aliphatic carbocycles. The molecule has 1 atom stereocenters. The van der Waals surface area contributed by atoms with Gasteiger partial charge in [0, 0.05) is 12.1 Å². The zero-order chi connectivity index (χ0) is 16.2. The quantitative estimate of drug-likeness (QED) is 0.860. The molecule has 1 heterocycles. The fraction of sp³-hybridized carbons (Fsp3) is 0.412. The van der Waals surface area contributed by atoms with Crippen molar-refractivity contribution in [2.24, 2.45) is 5.41 Å². The molecule has 5 heteroatoms. The van der Waals surface area contributed by atoms with Crippen LogP contribution in [-0.2, 0) is 0 Å². The van der Waals surface area contributed by atoms with Gasteiger partial charge in [-0.05, 0) is 30.9 Å². The molecule has 1 unspecified atom stereocenters. The number of amides is 1. The maximum Gasteiger partial charge on any atom is 0.273 e. The summed E-state index contributed by atoms with van der Waals surface area (Å²) >= 11 is 0. The Balaban J connectivity index is 1.98. The number of carbonyl (C=O) groups is 1. The van der Waals surface area contributed by atoms with E-state index < -0.39 is 6.10 Å². The number of oxazole rings is 1. The molecule has 5 nitrogen and oxygen atoms in total. The van der Waals surface area contributed by atoms with E-state index in [1.165, 1.54) is 6.26 Å². The molecule has 2 rings (SSSR count). The van der Waals surface area contributed by atoms with Crippen molar-refractivity contribution in [1.82, 2.24) is 10.3 Å². The van der Waals surface area contributed by atoms with Crippen molar-refractivity contribution in [3.05, 3.63) is 42.3 Å². The number of nitrogens with one attached hydrogen (secondary N) is 1. The van der Waals surface area contributed by atoms with Crippen molar-refractivity contribution >= 4 is 5.91 Å². The van der Waals surface area contributed by atoms with Crippen LogP contribution in [0.2, 0.25) is 0 Å². The number of hydrogen-bond donors (Lipinski definition) is 2. The summed E-state index contributed by atoms with van der Waals surface area (Å²) in [7, 11) is 0. The van der Waals surface area contributed by atoms with Crippen LogP contribution in [0.15, 0.2) is 41.0 Å². The summed E-state index contributed by atoms with van der Waals surface area (Å²) in [5.41, 5.74) is 0.901. The first-order valence-corrected chi connectivity index (χ1v) is 7.34. The highest BCUT2D eigenvalue weighted by molar-refractivity contribution is 5.92. The highest BCUT2D eigenvalue weighted by Gasteiger charge is 2.22. The number of aromatic nitrogens is 1. The zero-order valence-electron chi connectivity index (χ0n) is 13.2. The third-order valence-electron chi connectivity index (χ3n) is 3.33. The highest BCUT2D eigenvalue weighted by Crippen LogP contribution is 2.22. The van der Waals surface area contributed by atoms with Crippen LogP contribution >= 0.6 is 0 Å². The van der Waals surface area contributed by atoms with Crippen LogP contribution in [0.5, 0.6) is 0 Å². The van der Waals surface area contributed by atoms with E-state index in [0.717, 1.165) is 5.56 Å². The molecule has 2 N–H and O–H groups in total. The minimum Gasteiger partial charge on any atom is -0.444 e. The van der Waals surface area contributed by atoms with Gasteiger partial charge in [-0.3, -0.25) is 4.79 Å². The first-order valence-electron chi connectivity index (χ1n) is 7.34. The second kappa shape index (κ2) is 6.75. The number of nitrogens with zero attached hydrogens (tertiary/aromatic N) is 1. The average molecular weight is 302 g/mol. The number of benzene rings is 1. The van der Waals surface area contributed by atoms with Gasteiger partial charge in [0.2, 0.25) is 5.89 Å². The number of rotatable bonds is 6. The van der Waals surface area contributed by atoms with Crippen LogP contribution in [0.1, 0.15) is 37.7 Å². The minimum absolute atomic E-state index is 0.185. The van der Waals surface area contributed by atoms with Crippen molar-refractivity contribution in [2.75, 3.05) is 6.54 Å². The van der Waals surface area contributed by atoms with Crippen molar-refractivity contribution in [2.45, 2.75) is 33.3 Å². The molecule has 1 aromatic carbocycles. The number of hydrogen-bond acceptors (Lipinski definition) is 4. The van der Waals surface area contributed by atoms with Crippen molar-refractivity contribution in [3.63, 3.8) is 0 Å². The van der Waals surface area contributed by atoms with Crippen LogP contribution < -0.4 is 5.32 Å². The van der Waals surface area contributed by atoms with Crippen molar-refractivity contribution < 1.29 is 14.3 Å². The van der Waals surface area contributed by atoms with Gasteiger partial charge in [0.25, 0.3) is 5.91 Å². The molecule has 2 aromatic rings. The van der Waals surface area contributed by atoms with E-state index in [1.54, 1.807) is 6.92 Å². The largest absolute Gasteiger partial charge is 0.444 e. The van der Waals surface area contributed by atoms with Gasteiger partial charge >= 0.3 is 0 Å². The van der Waals surface area contributed by atoms with E-state index in [0.29, 0.717) is 18.9 Å². The van der Waals surface area contributed by atoms with Crippen LogP contribution in [-0.4, -0.2) is 28.6 Å². The van der Waals surface area contributed by atoms with Crippen molar-refractivity contribution in [1.29, 1.82) is 0 Å². The Bertz CT molecular complexity index is 618. The predicted molar refractivity (Wildman–Crippen MR) is 84.4 cm³/mol. The third kappa shape index (κ3) is 4.43. The lowest BCUT2D eigenvalue weighted by atomic mass is 9.87. The summed E-state index contributed by atoms with van der Waals surface area (Å²) in [6, 6.07) is 9.43. The first-order chi connectivity index (χ1) is 10.4. The Kier molecular flexibility index (Phi) is 4.98. The monoisotopic (exact) mass is 302 g/mol. The second-order valence-electron chi connectivity index (χ2n) is 6.30. The first kappa shape index (κ1) is 16.2. The number of aliphatic hydroxyl groups excluding tert-OH is 1. The zero-order valence-corrected chi connectivity index (χ0v) is 13.2. The Hall–Kier alpha value is -2.14. The van der Waals surface area contributed by atoms with Crippen molar-refractivity contribution in [3.8, 4) is 11.5 Å². The molecular formula is C17H22N2O3. The standard InChI is InChI=1S/C17H22N2O3/c1-12(20)9-17(2,3)11-18-15(21)14-10-22-16(19-14)13-7-5-4-6-8-13/h4-8,10,12,20H,9,11H2,1-3H3,(H,18,21). The molecule has 1 aromatic heterocycles.